The molecule has 0 amide bonds. The van der Waals surface area contributed by atoms with E-state index < -0.39 is 0 Å². The lowest BCUT2D eigenvalue weighted by Crippen LogP contribution is -1.87. The van der Waals surface area contributed by atoms with Crippen LogP contribution >= 0.6 is 11.3 Å². The van der Waals surface area contributed by atoms with Crippen molar-refractivity contribution in [2.24, 2.45) is 0 Å². The minimum Gasteiger partial charge on any atom is -0.398 e. The third-order valence-corrected chi connectivity index (χ3v) is 2.85. The van der Waals surface area contributed by atoms with Crippen LogP contribution in [-0.4, -0.2) is 6.29 Å². The molecule has 0 atom stereocenters. The van der Waals surface area contributed by atoms with E-state index >= 15 is 0 Å². The van der Waals surface area contributed by atoms with Gasteiger partial charge < -0.3 is 11.5 Å². The molecule has 2 rings (SSSR count). The summed E-state index contributed by atoms with van der Waals surface area (Å²) in [4.78, 5) is 10.5. The van der Waals surface area contributed by atoms with E-state index in [2.05, 4.69) is 0 Å². The van der Waals surface area contributed by atoms with E-state index in [-0.39, 0.29) is 0 Å². The Kier molecular flexibility index (Phi) is 1.70. The van der Waals surface area contributed by atoms with Crippen LogP contribution in [0.4, 0.5) is 10.7 Å². The standard InChI is InChI=1S/C9H8N2OS/c10-7-2-5(4-12)1-6-3-8(11)13-9(6)7/h1-4H,10-11H2. The second kappa shape index (κ2) is 2.74. The average molecular weight is 192 g/mol. The van der Waals surface area contributed by atoms with E-state index in [0.717, 1.165) is 16.4 Å². The SMILES string of the molecule is Nc1cc2cc(C=O)cc(N)c2s1. The highest BCUT2D eigenvalue weighted by Gasteiger charge is 2.04. The summed E-state index contributed by atoms with van der Waals surface area (Å²) >= 11 is 1.43. The maximum Gasteiger partial charge on any atom is 0.150 e. The first-order valence-corrected chi connectivity index (χ1v) is 4.56. The highest BCUT2D eigenvalue weighted by molar-refractivity contribution is 7.23. The average Bonchev–Trinajstić information content (AvgIpc) is 2.46. The Bertz CT molecular complexity index is 476. The molecule has 2 aromatic rings. The summed E-state index contributed by atoms with van der Waals surface area (Å²) in [7, 11) is 0. The normalized spacial score (nSPS) is 10.5. The molecule has 0 saturated carbocycles. The number of rotatable bonds is 1. The first-order chi connectivity index (χ1) is 6.20. The lowest BCUT2D eigenvalue weighted by atomic mass is 10.1. The molecule has 0 fully saturated rings. The summed E-state index contributed by atoms with van der Waals surface area (Å²) in [6.45, 7) is 0. The molecular formula is C9H8N2OS. The number of carbonyl (C=O) groups excluding carboxylic acids is 1. The number of hydrogen-bond donors (Lipinski definition) is 2. The third-order valence-electron chi connectivity index (χ3n) is 1.82. The quantitative estimate of drug-likeness (QED) is 0.535. The van der Waals surface area contributed by atoms with E-state index in [9.17, 15) is 4.79 Å². The molecule has 0 aliphatic heterocycles. The van der Waals surface area contributed by atoms with E-state index in [0.29, 0.717) is 16.3 Å². The van der Waals surface area contributed by atoms with Gasteiger partial charge in [0.15, 0.2) is 0 Å². The number of fused-ring (bicyclic) bond motifs is 1. The van der Waals surface area contributed by atoms with Crippen LogP contribution in [0.3, 0.4) is 0 Å². The maximum absolute atomic E-state index is 10.5. The summed E-state index contributed by atoms with van der Waals surface area (Å²) in [6, 6.07) is 5.26. The predicted molar refractivity (Wildman–Crippen MR) is 56.0 cm³/mol. The minimum atomic E-state index is 0.586. The van der Waals surface area contributed by atoms with Gasteiger partial charge in [-0.15, -0.1) is 11.3 Å². The van der Waals surface area contributed by atoms with Gasteiger partial charge in [0.2, 0.25) is 0 Å². The van der Waals surface area contributed by atoms with Gasteiger partial charge in [-0.3, -0.25) is 4.79 Å². The number of benzene rings is 1. The topological polar surface area (TPSA) is 69.1 Å². The monoisotopic (exact) mass is 192 g/mol. The zero-order valence-electron chi connectivity index (χ0n) is 6.78. The van der Waals surface area contributed by atoms with Gasteiger partial charge in [0.1, 0.15) is 6.29 Å². The predicted octanol–water partition coefficient (Wildman–Crippen LogP) is 1.88. The van der Waals surface area contributed by atoms with Crippen LogP contribution in [0.25, 0.3) is 10.1 Å². The van der Waals surface area contributed by atoms with Gasteiger partial charge in [-0.05, 0) is 23.6 Å². The number of thiophene rings is 1. The van der Waals surface area contributed by atoms with Crippen molar-refractivity contribution >= 4 is 38.4 Å². The second-order valence-electron chi connectivity index (χ2n) is 2.80. The zero-order valence-corrected chi connectivity index (χ0v) is 7.60. The van der Waals surface area contributed by atoms with Crippen LogP contribution in [0.2, 0.25) is 0 Å². The van der Waals surface area contributed by atoms with E-state index in [1.807, 2.05) is 6.07 Å². The Morgan fingerprint density at radius 1 is 1.23 bits per heavy atom. The van der Waals surface area contributed by atoms with E-state index in [1.54, 1.807) is 12.1 Å². The lowest BCUT2D eigenvalue weighted by Gasteiger charge is -1.96. The Labute approximate surface area is 79.0 Å². The molecular weight excluding hydrogens is 184 g/mol. The van der Waals surface area contributed by atoms with Crippen LogP contribution in [0.5, 0.6) is 0 Å². The summed E-state index contributed by atoms with van der Waals surface area (Å²) in [5.74, 6) is 0. The van der Waals surface area contributed by atoms with Crippen LogP contribution in [0.1, 0.15) is 10.4 Å². The molecule has 3 nitrogen and oxygen atoms in total. The fraction of sp³-hybridized carbons (Fsp3) is 0. The van der Waals surface area contributed by atoms with Crippen molar-refractivity contribution in [1.29, 1.82) is 0 Å². The first kappa shape index (κ1) is 8.07. The van der Waals surface area contributed by atoms with Crippen molar-refractivity contribution in [2.45, 2.75) is 0 Å². The molecule has 1 aromatic carbocycles. The van der Waals surface area contributed by atoms with Gasteiger partial charge in [-0.1, -0.05) is 0 Å². The van der Waals surface area contributed by atoms with Crippen molar-refractivity contribution < 1.29 is 4.79 Å². The second-order valence-corrected chi connectivity index (χ2v) is 3.88. The van der Waals surface area contributed by atoms with Crippen molar-refractivity contribution in [3.63, 3.8) is 0 Å². The van der Waals surface area contributed by atoms with Gasteiger partial charge in [0, 0.05) is 5.56 Å². The van der Waals surface area contributed by atoms with Crippen molar-refractivity contribution in [1.82, 2.24) is 0 Å². The molecule has 4 heteroatoms. The molecule has 66 valence electrons. The number of nitrogens with two attached hydrogens (primary N) is 2. The Balaban J connectivity index is 2.82. The van der Waals surface area contributed by atoms with Crippen LogP contribution < -0.4 is 11.5 Å². The molecule has 0 spiro atoms. The number of aldehydes is 1. The fourth-order valence-electron chi connectivity index (χ4n) is 1.29. The van der Waals surface area contributed by atoms with Crippen molar-refractivity contribution in [3.05, 3.63) is 23.8 Å². The molecule has 0 aliphatic carbocycles. The van der Waals surface area contributed by atoms with Gasteiger partial charge in [0.05, 0.1) is 15.4 Å². The molecule has 0 radical (unpaired) electrons. The van der Waals surface area contributed by atoms with Gasteiger partial charge in [-0.25, -0.2) is 0 Å². The van der Waals surface area contributed by atoms with Crippen molar-refractivity contribution in [2.75, 3.05) is 11.5 Å². The van der Waals surface area contributed by atoms with E-state index in [1.165, 1.54) is 11.3 Å². The van der Waals surface area contributed by atoms with Gasteiger partial charge in [-0.2, -0.15) is 0 Å². The van der Waals surface area contributed by atoms with E-state index in [4.69, 9.17) is 11.5 Å². The fourth-order valence-corrected chi connectivity index (χ4v) is 2.13. The summed E-state index contributed by atoms with van der Waals surface area (Å²) < 4.78 is 0.947. The smallest absolute Gasteiger partial charge is 0.150 e. The Hall–Kier alpha value is -1.55. The molecule has 0 unspecified atom stereocenters. The molecule has 1 heterocycles. The number of carbonyl (C=O) groups is 1. The van der Waals surface area contributed by atoms with Gasteiger partial charge >= 0.3 is 0 Å². The van der Waals surface area contributed by atoms with Crippen molar-refractivity contribution in [3.8, 4) is 0 Å². The molecule has 1 aromatic heterocycles. The Morgan fingerprint density at radius 3 is 2.69 bits per heavy atom. The number of hydrogen-bond acceptors (Lipinski definition) is 4. The molecule has 4 N–H and O–H groups in total. The van der Waals surface area contributed by atoms with Crippen LogP contribution in [-0.2, 0) is 0 Å². The lowest BCUT2D eigenvalue weighted by molar-refractivity contribution is 0.112. The summed E-state index contributed by atoms with van der Waals surface area (Å²) in [5.41, 5.74) is 12.6. The molecule has 0 bridgehead atoms. The highest BCUT2D eigenvalue weighted by Crippen LogP contribution is 2.32. The number of anilines is 2. The summed E-state index contributed by atoms with van der Waals surface area (Å²) in [5, 5.41) is 1.65. The third kappa shape index (κ3) is 1.25. The molecule has 0 saturated heterocycles. The maximum atomic E-state index is 10.5. The summed E-state index contributed by atoms with van der Waals surface area (Å²) in [6.07, 6.45) is 0.781. The first-order valence-electron chi connectivity index (χ1n) is 3.74. The molecule has 13 heavy (non-hydrogen) atoms. The number of nitrogen functional groups attached to an aromatic ring is 2. The highest BCUT2D eigenvalue weighted by atomic mass is 32.1. The Morgan fingerprint density at radius 2 is 2.00 bits per heavy atom. The van der Waals surface area contributed by atoms with Crippen LogP contribution in [0.15, 0.2) is 18.2 Å². The van der Waals surface area contributed by atoms with Crippen LogP contribution in [0, 0.1) is 0 Å². The molecule has 0 aliphatic rings. The van der Waals surface area contributed by atoms with Gasteiger partial charge in [0.25, 0.3) is 0 Å². The minimum absolute atomic E-state index is 0.586. The zero-order chi connectivity index (χ0) is 9.42. The largest absolute Gasteiger partial charge is 0.398 e.